The number of H-pyrrole nitrogens is 1. The van der Waals surface area contributed by atoms with Gasteiger partial charge in [0.15, 0.2) is 0 Å². The quantitative estimate of drug-likeness (QED) is 0.609. The molecule has 4 aromatic rings. The van der Waals surface area contributed by atoms with Crippen LogP contribution in [-0.2, 0) is 11.3 Å². The molecule has 0 aliphatic rings. The van der Waals surface area contributed by atoms with Crippen LogP contribution in [0, 0.1) is 0 Å². The zero-order chi connectivity index (χ0) is 16.5. The van der Waals surface area contributed by atoms with Gasteiger partial charge in [0.05, 0.1) is 11.6 Å². The Bertz CT molecular complexity index is 1110. The lowest BCUT2D eigenvalue weighted by atomic mass is 10.2. The monoisotopic (exact) mass is 318 g/mol. The van der Waals surface area contributed by atoms with Crippen LogP contribution in [0.2, 0.25) is 0 Å². The Labute approximate surface area is 136 Å². The predicted octanol–water partition coefficient (Wildman–Crippen LogP) is 2.52. The minimum Gasteiger partial charge on any atom is -0.361 e. The lowest BCUT2D eigenvalue weighted by Crippen LogP contribution is -2.29. The smallest absolute Gasteiger partial charge is 0.275 e. The molecule has 0 unspecified atom stereocenters. The normalized spacial score (nSPS) is 11.0. The third-order valence-corrected chi connectivity index (χ3v) is 3.89. The summed E-state index contributed by atoms with van der Waals surface area (Å²) < 4.78 is 1.17. The number of fused-ring (bicyclic) bond motifs is 2. The molecule has 1 amide bonds. The van der Waals surface area contributed by atoms with E-state index in [1.807, 2.05) is 42.6 Å². The molecule has 6 heteroatoms. The maximum absolute atomic E-state index is 12.4. The molecule has 0 spiro atoms. The first-order valence-electron chi connectivity index (χ1n) is 7.52. The van der Waals surface area contributed by atoms with Crippen LogP contribution in [0.3, 0.4) is 0 Å². The van der Waals surface area contributed by atoms with Gasteiger partial charge in [-0.3, -0.25) is 9.59 Å². The van der Waals surface area contributed by atoms with Gasteiger partial charge in [0.2, 0.25) is 5.91 Å². The summed E-state index contributed by atoms with van der Waals surface area (Å²) in [6.45, 7) is -0.130. The summed E-state index contributed by atoms with van der Waals surface area (Å²) in [7, 11) is 0. The van der Waals surface area contributed by atoms with Gasteiger partial charge >= 0.3 is 0 Å². The van der Waals surface area contributed by atoms with E-state index < -0.39 is 0 Å². The second-order valence-electron chi connectivity index (χ2n) is 5.52. The van der Waals surface area contributed by atoms with Crippen LogP contribution in [-0.4, -0.2) is 20.7 Å². The highest BCUT2D eigenvalue weighted by Crippen LogP contribution is 2.17. The predicted molar refractivity (Wildman–Crippen MR) is 92.9 cm³/mol. The summed E-state index contributed by atoms with van der Waals surface area (Å²) in [6, 6.07) is 14.7. The Morgan fingerprint density at radius 3 is 2.92 bits per heavy atom. The van der Waals surface area contributed by atoms with E-state index in [1.165, 1.54) is 4.68 Å². The molecular formula is C18H14N4O2. The Balaban J connectivity index is 1.57. The molecular weight excluding hydrogens is 304 g/mol. The van der Waals surface area contributed by atoms with E-state index in [0.29, 0.717) is 11.1 Å². The molecule has 2 aromatic carbocycles. The zero-order valence-electron chi connectivity index (χ0n) is 12.7. The van der Waals surface area contributed by atoms with Crippen LogP contribution in [0.1, 0.15) is 0 Å². The van der Waals surface area contributed by atoms with Gasteiger partial charge in [-0.2, -0.15) is 5.10 Å². The number of carbonyl (C=O) groups is 1. The first-order valence-corrected chi connectivity index (χ1v) is 7.52. The first-order chi connectivity index (χ1) is 11.7. The van der Waals surface area contributed by atoms with Crippen molar-refractivity contribution in [2.45, 2.75) is 6.54 Å². The summed E-state index contributed by atoms with van der Waals surface area (Å²) in [4.78, 5) is 27.7. The van der Waals surface area contributed by atoms with Crippen LogP contribution >= 0.6 is 0 Å². The number of aromatic amines is 1. The molecule has 0 saturated heterocycles. The lowest BCUT2D eigenvalue weighted by molar-refractivity contribution is -0.117. The molecule has 4 rings (SSSR count). The van der Waals surface area contributed by atoms with Crippen molar-refractivity contribution < 1.29 is 4.79 Å². The maximum atomic E-state index is 12.4. The van der Waals surface area contributed by atoms with E-state index >= 15 is 0 Å². The van der Waals surface area contributed by atoms with Gasteiger partial charge in [-0.1, -0.05) is 18.2 Å². The molecule has 0 atom stereocenters. The molecule has 6 nitrogen and oxygen atoms in total. The highest BCUT2D eigenvalue weighted by Gasteiger charge is 2.09. The van der Waals surface area contributed by atoms with Crippen molar-refractivity contribution in [2.75, 3.05) is 5.32 Å². The number of aromatic nitrogens is 3. The number of hydrogen-bond acceptors (Lipinski definition) is 3. The fourth-order valence-corrected chi connectivity index (χ4v) is 2.71. The average Bonchev–Trinajstić information content (AvgIpc) is 3.05. The summed E-state index contributed by atoms with van der Waals surface area (Å²) in [5, 5.41) is 9.18. The minimum atomic E-state index is -0.297. The van der Waals surface area contributed by atoms with Crippen molar-refractivity contribution in [3.8, 4) is 0 Å². The topological polar surface area (TPSA) is 79.8 Å². The molecule has 118 valence electrons. The standard InChI is InChI=1S/C18H14N4O2/c23-17(21-14-5-6-16-12(9-14)7-8-19-16)11-22-18(24)15-4-2-1-3-13(15)10-20-22/h1-10,19H,11H2,(H,21,23). The fraction of sp³-hybridized carbons (Fsp3) is 0.0556. The molecule has 0 bridgehead atoms. The molecule has 0 aliphatic carbocycles. The number of amides is 1. The van der Waals surface area contributed by atoms with E-state index in [0.717, 1.165) is 16.3 Å². The zero-order valence-corrected chi connectivity index (χ0v) is 12.7. The molecule has 24 heavy (non-hydrogen) atoms. The summed E-state index contributed by atoms with van der Waals surface area (Å²) in [5.74, 6) is -0.297. The van der Waals surface area contributed by atoms with Crippen LogP contribution < -0.4 is 10.9 Å². The third-order valence-electron chi connectivity index (χ3n) is 3.89. The van der Waals surface area contributed by atoms with Crippen LogP contribution in [0.4, 0.5) is 5.69 Å². The van der Waals surface area contributed by atoms with Crippen LogP contribution in [0.5, 0.6) is 0 Å². The lowest BCUT2D eigenvalue weighted by Gasteiger charge is -2.07. The van der Waals surface area contributed by atoms with Crippen LogP contribution in [0.25, 0.3) is 21.7 Å². The average molecular weight is 318 g/mol. The van der Waals surface area contributed by atoms with E-state index in [1.54, 1.807) is 18.3 Å². The first kappa shape index (κ1) is 14.2. The van der Waals surface area contributed by atoms with Gasteiger partial charge in [0, 0.05) is 28.2 Å². The largest absolute Gasteiger partial charge is 0.361 e. The van der Waals surface area contributed by atoms with E-state index in [4.69, 9.17) is 0 Å². The SMILES string of the molecule is O=C(Cn1ncc2ccccc2c1=O)Nc1ccc2[nH]ccc2c1. The highest BCUT2D eigenvalue weighted by molar-refractivity contribution is 5.93. The Hall–Kier alpha value is -3.41. The molecule has 0 radical (unpaired) electrons. The van der Waals surface area contributed by atoms with Gasteiger partial charge in [-0.25, -0.2) is 4.68 Å². The van der Waals surface area contributed by atoms with Crippen molar-refractivity contribution in [2.24, 2.45) is 0 Å². The number of benzene rings is 2. The fourth-order valence-electron chi connectivity index (χ4n) is 2.71. The van der Waals surface area contributed by atoms with Crippen molar-refractivity contribution in [1.82, 2.24) is 14.8 Å². The molecule has 0 aliphatic heterocycles. The molecule has 2 heterocycles. The second-order valence-corrected chi connectivity index (χ2v) is 5.52. The molecule has 2 N–H and O–H groups in total. The summed E-state index contributed by atoms with van der Waals surface area (Å²) in [6.07, 6.45) is 3.44. The molecule has 0 saturated carbocycles. The molecule has 0 fully saturated rings. The van der Waals surface area contributed by atoms with Crippen LogP contribution in [0.15, 0.2) is 65.7 Å². The van der Waals surface area contributed by atoms with E-state index in [-0.39, 0.29) is 18.0 Å². The minimum absolute atomic E-state index is 0.130. The Kier molecular flexibility index (Phi) is 3.35. The van der Waals surface area contributed by atoms with Gasteiger partial charge in [-0.05, 0) is 30.3 Å². The third kappa shape index (κ3) is 2.54. The molecule has 2 aromatic heterocycles. The number of carbonyl (C=O) groups excluding carboxylic acids is 1. The number of nitrogens with zero attached hydrogens (tertiary/aromatic N) is 2. The summed E-state index contributed by atoms with van der Waals surface area (Å²) in [5.41, 5.74) is 1.41. The van der Waals surface area contributed by atoms with Gasteiger partial charge in [-0.15, -0.1) is 0 Å². The van der Waals surface area contributed by atoms with E-state index in [9.17, 15) is 9.59 Å². The van der Waals surface area contributed by atoms with Gasteiger partial charge in [0.1, 0.15) is 6.54 Å². The number of anilines is 1. The maximum Gasteiger partial charge on any atom is 0.275 e. The van der Waals surface area contributed by atoms with Crippen molar-refractivity contribution in [1.29, 1.82) is 0 Å². The Morgan fingerprint density at radius 2 is 2.00 bits per heavy atom. The van der Waals surface area contributed by atoms with Crippen molar-refractivity contribution in [3.05, 3.63) is 71.3 Å². The van der Waals surface area contributed by atoms with Crippen molar-refractivity contribution in [3.63, 3.8) is 0 Å². The Morgan fingerprint density at radius 1 is 1.12 bits per heavy atom. The van der Waals surface area contributed by atoms with Crippen molar-refractivity contribution >= 4 is 33.3 Å². The number of rotatable bonds is 3. The second kappa shape index (κ2) is 5.66. The highest BCUT2D eigenvalue weighted by atomic mass is 16.2. The number of hydrogen-bond donors (Lipinski definition) is 2. The summed E-state index contributed by atoms with van der Waals surface area (Å²) >= 11 is 0. The van der Waals surface area contributed by atoms with Gasteiger partial charge in [0.25, 0.3) is 5.56 Å². The van der Waals surface area contributed by atoms with E-state index in [2.05, 4.69) is 15.4 Å². The van der Waals surface area contributed by atoms with Gasteiger partial charge < -0.3 is 10.3 Å². The number of nitrogens with one attached hydrogen (secondary N) is 2.